The van der Waals surface area contributed by atoms with Crippen LogP contribution >= 0.6 is 0 Å². The van der Waals surface area contributed by atoms with Gasteiger partial charge in [0.15, 0.2) is 17.6 Å². The number of pyridine rings is 1. The number of ether oxygens (including phenoxy) is 1. The minimum Gasteiger partial charge on any atom is -0.441 e. The summed E-state index contributed by atoms with van der Waals surface area (Å²) in [7, 11) is 0. The molecule has 0 saturated heterocycles. The summed E-state index contributed by atoms with van der Waals surface area (Å²) < 4.78 is 10.5. The van der Waals surface area contributed by atoms with Crippen molar-refractivity contribution in [1.82, 2.24) is 15.3 Å². The zero-order chi connectivity index (χ0) is 20.1. The van der Waals surface area contributed by atoms with Crippen LogP contribution in [0.1, 0.15) is 11.6 Å². The van der Waals surface area contributed by atoms with Gasteiger partial charge in [-0.25, -0.2) is 9.78 Å². The lowest BCUT2D eigenvalue weighted by atomic mass is 10.1. The van der Waals surface area contributed by atoms with Crippen molar-refractivity contribution in [2.45, 2.75) is 19.4 Å². The van der Waals surface area contributed by atoms with E-state index in [0.717, 1.165) is 16.8 Å². The number of nitrogens with zero attached hydrogens (tertiary/aromatic N) is 3. The van der Waals surface area contributed by atoms with Crippen LogP contribution in [0.15, 0.2) is 40.9 Å². The van der Waals surface area contributed by atoms with Crippen molar-refractivity contribution in [3.63, 3.8) is 0 Å². The van der Waals surface area contributed by atoms with Crippen LogP contribution in [0.4, 0.5) is 4.79 Å². The maximum Gasteiger partial charge on any atom is 0.405 e. The number of hydrogen-bond donors (Lipinski definition) is 2. The summed E-state index contributed by atoms with van der Waals surface area (Å²) in [6.45, 7) is 1.69. The minimum atomic E-state index is -1.25. The van der Waals surface area contributed by atoms with E-state index in [0.29, 0.717) is 11.1 Å². The SMILES string of the molecule is Cc1cc(-c2ccc3nc(C[C@H](OC(N)=O)C(=O)NCC#N)oc3c2)ccn1. The number of amides is 2. The molecule has 0 bridgehead atoms. The molecule has 3 aromatic rings. The van der Waals surface area contributed by atoms with E-state index in [1.54, 1.807) is 18.3 Å². The number of aromatic nitrogens is 2. The van der Waals surface area contributed by atoms with Crippen LogP contribution in [-0.2, 0) is 16.0 Å². The second kappa shape index (κ2) is 8.18. The third-order valence-corrected chi connectivity index (χ3v) is 3.92. The minimum absolute atomic E-state index is 0.113. The van der Waals surface area contributed by atoms with Crippen LogP contribution in [0.3, 0.4) is 0 Å². The first kappa shape index (κ1) is 18.8. The van der Waals surface area contributed by atoms with Crippen molar-refractivity contribution in [1.29, 1.82) is 5.26 Å². The first-order valence-electron chi connectivity index (χ1n) is 8.39. The fourth-order valence-electron chi connectivity index (χ4n) is 2.69. The highest BCUT2D eigenvalue weighted by Crippen LogP contribution is 2.25. The number of nitrogens with one attached hydrogen (secondary N) is 1. The molecule has 0 unspecified atom stereocenters. The lowest BCUT2D eigenvalue weighted by Crippen LogP contribution is -2.40. The Labute approximate surface area is 160 Å². The number of fused-ring (bicyclic) bond motifs is 1. The number of nitrogens with two attached hydrogens (primary N) is 1. The van der Waals surface area contributed by atoms with E-state index in [9.17, 15) is 9.59 Å². The standard InChI is InChI=1S/C19H17N5O4/c1-11-8-13(4-6-22-11)12-2-3-14-15(9-12)27-17(24-14)10-16(28-19(21)26)18(25)23-7-5-20/h2-4,6,8-9,16H,7,10H2,1H3,(H2,21,26)(H,23,25)/t16-/m0/s1. The lowest BCUT2D eigenvalue weighted by Gasteiger charge is -2.13. The fraction of sp³-hybridized carbons (Fsp3) is 0.211. The predicted molar refractivity (Wildman–Crippen MR) is 98.8 cm³/mol. The molecule has 0 radical (unpaired) electrons. The molecule has 0 aliphatic rings. The monoisotopic (exact) mass is 379 g/mol. The van der Waals surface area contributed by atoms with Gasteiger partial charge in [-0.05, 0) is 42.3 Å². The van der Waals surface area contributed by atoms with E-state index in [1.807, 2.05) is 31.2 Å². The molecule has 9 nitrogen and oxygen atoms in total. The molecule has 0 fully saturated rings. The number of aryl methyl sites for hydroxylation is 1. The molecule has 2 heterocycles. The van der Waals surface area contributed by atoms with Gasteiger partial charge in [-0.1, -0.05) is 6.07 Å². The topological polar surface area (TPSA) is 144 Å². The van der Waals surface area contributed by atoms with Crippen molar-refractivity contribution < 1.29 is 18.7 Å². The Bertz CT molecular complexity index is 1070. The Hall–Kier alpha value is -3.93. The summed E-state index contributed by atoms with van der Waals surface area (Å²) in [4.78, 5) is 31.6. The Morgan fingerprint density at radius 3 is 2.82 bits per heavy atom. The number of primary amides is 1. The van der Waals surface area contributed by atoms with Gasteiger partial charge in [0.1, 0.15) is 12.1 Å². The average molecular weight is 379 g/mol. The molecule has 2 aromatic heterocycles. The molecule has 142 valence electrons. The van der Waals surface area contributed by atoms with Gasteiger partial charge < -0.3 is 20.2 Å². The Kier molecular flexibility index (Phi) is 5.50. The second-order valence-corrected chi connectivity index (χ2v) is 5.98. The second-order valence-electron chi connectivity index (χ2n) is 5.98. The molecule has 0 saturated carbocycles. The van der Waals surface area contributed by atoms with Crippen LogP contribution in [0.25, 0.3) is 22.2 Å². The molecule has 2 amide bonds. The summed E-state index contributed by atoms with van der Waals surface area (Å²) in [5.74, 6) is -0.452. The van der Waals surface area contributed by atoms with Crippen LogP contribution < -0.4 is 11.1 Å². The first-order chi connectivity index (χ1) is 13.5. The molecule has 0 spiro atoms. The van der Waals surface area contributed by atoms with Gasteiger partial charge in [0.05, 0.1) is 12.5 Å². The third kappa shape index (κ3) is 4.42. The Balaban J connectivity index is 1.85. The zero-order valence-corrected chi connectivity index (χ0v) is 15.0. The van der Waals surface area contributed by atoms with Gasteiger partial charge in [-0.2, -0.15) is 5.26 Å². The number of nitriles is 1. The molecular weight excluding hydrogens is 362 g/mol. The summed E-state index contributed by atoms with van der Waals surface area (Å²) >= 11 is 0. The number of carbonyl (C=O) groups excluding carboxylic acids is 2. The Morgan fingerprint density at radius 1 is 1.32 bits per heavy atom. The third-order valence-electron chi connectivity index (χ3n) is 3.92. The molecule has 1 atom stereocenters. The van der Waals surface area contributed by atoms with E-state index < -0.39 is 18.1 Å². The van der Waals surface area contributed by atoms with E-state index in [-0.39, 0.29) is 18.9 Å². The normalized spacial score (nSPS) is 11.6. The summed E-state index contributed by atoms with van der Waals surface area (Å²) in [6, 6.07) is 11.1. The Morgan fingerprint density at radius 2 is 2.11 bits per heavy atom. The molecule has 0 aliphatic carbocycles. The highest BCUT2D eigenvalue weighted by atomic mass is 16.6. The smallest absolute Gasteiger partial charge is 0.405 e. The molecule has 1 aromatic carbocycles. The molecule has 3 N–H and O–H groups in total. The van der Waals surface area contributed by atoms with Gasteiger partial charge in [0, 0.05) is 11.9 Å². The van der Waals surface area contributed by atoms with Gasteiger partial charge in [0.25, 0.3) is 5.91 Å². The van der Waals surface area contributed by atoms with E-state index in [4.69, 9.17) is 20.1 Å². The van der Waals surface area contributed by atoms with E-state index in [2.05, 4.69) is 15.3 Å². The largest absolute Gasteiger partial charge is 0.441 e. The number of carbonyl (C=O) groups is 2. The first-order valence-corrected chi connectivity index (χ1v) is 8.39. The van der Waals surface area contributed by atoms with Crippen molar-refractivity contribution in [3.8, 4) is 17.2 Å². The quantitative estimate of drug-likeness (QED) is 0.622. The summed E-state index contributed by atoms with van der Waals surface area (Å²) in [6.07, 6.45) is -0.741. The maximum atomic E-state index is 12.1. The predicted octanol–water partition coefficient (Wildman–Crippen LogP) is 1.84. The number of rotatable bonds is 6. The highest BCUT2D eigenvalue weighted by Gasteiger charge is 2.25. The molecule has 9 heteroatoms. The van der Waals surface area contributed by atoms with Crippen molar-refractivity contribution in [2.24, 2.45) is 5.73 Å². The van der Waals surface area contributed by atoms with Crippen molar-refractivity contribution >= 4 is 23.1 Å². The lowest BCUT2D eigenvalue weighted by molar-refractivity contribution is -0.129. The van der Waals surface area contributed by atoms with Crippen LogP contribution in [-0.4, -0.2) is 34.6 Å². The zero-order valence-electron chi connectivity index (χ0n) is 15.0. The number of benzene rings is 1. The number of hydrogen-bond acceptors (Lipinski definition) is 7. The van der Waals surface area contributed by atoms with Crippen molar-refractivity contribution in [2.75, 3.05) is 6.54 Å². The van der Waals surface area contributed by atoms with Gasteiger partial charge >= 0.3 is 6.09 Å². The summed E-state index contributed by atoms with van der Waals surface area (Å²) in [5, 5.41) is 10.9. The average Bonchev–Trinajstić information content (AvgIpc) is 3.06. The fourth-order valence-corrected chi connectivity index (χ4v) is 2.69. The molecule has 0 aliphatic heterocycles. The molecular formula is C19H17N5O4. The van der Waals surface area contributed by atoms with Gasteiger partial charge in [-0.3, -0.25) is 9.78 Å². The molecule has 28 heavy (non-hydrogen) atoms. The van der Waals surface area contributed by atoms with Crippen LogP contribution in [0, 0.1) is 18.3 Å². The molecule has 3 rings (SSSR count). The van der Waals surface area contributed by atoms with Crippen molar-refractivity contribution in [3.05, 3.63) is 48.1 Å². The van der Waals surface area contributed by atoms with Gasteiger partial charge in [-0.15, -0.1) is 0 Å². The highest BCUT2D eigenvalue weighted by molar-refractivity contribution is 5.84. The number of oxazole rings is 1. The van der Waals surface area contributed by atoms with Crippen LogP contribution in [0.2, 0.25) is 0 Å². The van der Waals surface area contributed by atoms with E-state index in [1.165, 1.54) is 0 Å². The van der Waals surface area contributed by atoms with Gasteiger partial charge in [0.2, 0.25) is 0 Å². The van der Waals surface area contributed by atoms with Crippen LogP contribution in [0.5, 0.6) is 0 Å². The van der Waals surface area contributed by atoms with E-state index >= 15 is 0 Å². The maximum absolute atomic E-state index is 12.1. The summed E-state index contributed by atoms with van der Waals surface area (Å²) in [5.41, 5.74) is 8.95.